The van der Waals surface area contributed by atoms with Gasteiger partial charge in [-0.2, -0.15) is 0 Å². The number of carboxylic acids is 1. The number of aliphatic carboxylic acids is 1. The molecule has 0 saturated carbocycles. The van der Waals surface area contributed by atoms with E-state index >= 15 is 0 Å². The van der Waals surface area contributed by atoms with Crippen molar-refractivity contribution in [3.05, 3.63) is 46.0 Å². The summed E-state index contributed by atoms with van der Waals surface area (Å²) in [5.74, 6) is -3.60. The highest BCUT2D eigenvalue weighted by atomic mass is 16.7. The van der Waals surface area contributed by atoms with Gasteiger partial charge in [-0.15, -0.1) is 0 Å². The molecular formula is C18H25N5O6. The molecule has 0 aliphatic rings. The fraction of sp³-hybridized carbons (Fsp3) is 0.444. The summed E-state index contributed by atoms with van der Waals surface area (Å²) in [4.78, 5) is 48.8. The Morgan fingerprint density at radius 2 is 1.97 bits per heavy atom. The maximum Gasteiger partial charge on any atom is 0.307 e. The number of nitrogens with one attached hydrogen (secondary N) is 2. The molecule has 1 aromatic rings. The summed E-state index contributed by atoms with van der Waals surface area (Å²) >= 11 is 0. The molecule has 0 radical (unpaired) electrons. The first-order valence-corrected chi connectivity index (χ1v) is 9.03. The zero-order valence-electron chi connectivity index (χ0n) is 15.8. The third-order valence-electron chi connectivity index (χ3n) is 4.21. The van der Waals surface area contributed by atoms with Crippen LogP contribution in [0.3, 0.4) is 0 Å². The molecule has 0 aliphatic heterocycles. The topological polar surface area (TPSA) is 177 Å². The molecule has 0 fully saturated rings. The molecule has 1 aromatic carbocycles. The number of aldehydes is 1. The number of hydrazine groups is 1. The largest absolute Gasteiger partial charge is 0.481 e. The molecule has 0 spiro atoms. The third-order valence-corrected chi connectivity index (χ3v) is 4.21. The SMILES string of the molecule is NC(=NCCCC(C(=O)O)C(C=O)CCC(=O)NCc1ccccc1)N[N+](=O)[O-]. The van der Waals surface area contributed by atoms with E-state index in [-0.39, 0.29) is 44.1 Å². The molecule has 11 heteroatoms. The number of hydrogen-bond acceptors (Lipinski definition) is 6. The van der Waals surface area contributed by atoms with Crippen LogP contribution in [0.5, 0.6) is 0 Å². The van der Waals surface area contributed by atoms with Gasteiger partial charge in [0, 0.05) is 25.4 Å². The van der Waals surface area contributed by atoms with Crippen molar-refractivity contribution in [2.45, 2.75) is 32.2 Å². The van der Waals surface area contributed by atoms with Crippen molar-refractivity contribution in [1.82, 2.24) is 10.7 Å². The molecule has 0 aromatic heterocycles. The number of guanidine groups is 1. The van der Waals surface area contributed by atoms with Crippen LogP contribution in [0.2, 0.25) is 0 Å². The lowest BCUT2D eigenvalue weighted by Crippen LogP contribution is -2.36. The van der Waals surface area contributed by atoms with E-state index in [4.69, 9.17) is 5.73 Å². The Bertz CT molecular complexity index is 725. The first-order chi connectivity index (χ1) is 13.8. The second-order valence-corrected chi connectivity index (χ2v) is 6.32. The molecular weight excluding hydrogens is 382 g/mol. The van der Waals surface area contributed by atoms with Crippen molar-refractivity contribution in [2.75, 3.05) is 6.54 Å². The Balaban J connectivity index is 2.46. The molecule has 0 bridgehead atoms. The summed E-state index contributed by atoms with van der Waals surface area (Å²) in [6, 6.07) is 9.31. The Labute approximate surface area is 167 Å². The van der Waals surface area contributed by atoms with E-state index in [1.807, 2.05) is 30.3 Å². The average molecular weight is 407 g/mol. The number of rotatable bonds is 13. The molecule has 5 N–H and O–H groups in total. The van der Waals surface area contributed by atoms with Crippen LogP contribution in [0.25, 0.3) is 0 Å². The molecule has 1 rings (SSSR count). The fourth-order valence-electron chi connectivity index (χ4n) is 2.71. The maximum absolute atomic E-state index is 12.0. The number of hydrogen-bond donors (Lipinski definition) is 4. The Hall–Kier alpha value is -3.50. The minimum Gasteiger partial charge on any atom is -0.481 e. The second-order valence-electron chi connectivity index (χ2n) is 6.32. The van der Waals surface area contributed by atoms with Crippen molar-refractivity contribution in [3.8, 4) is 0 Å². The molecule has 2 atom stereocenters. The number of carboxylic acid groups (broad SMARTS) is 1. The highest BCUT2D eigenvalue weighted by Gasteiger charge is 2.27. The summed E-state index contributed by atoms with van der Waals surface area (Å²) in [6.07, 6.45) is 1.07. The predicted molar refractivity (Wildman–Crippen MR) is 104 cm³/mol. The molecule has 158 valence electrons. The summed E-state index contributed by atoms with van der Waals surface area (Å²) in [6.45, 7) is 0.422. The lowest BCUT2D eigenvalue weighted by Gasteiger charge is -2.18. The molecule has 29 heavy (non-hydrogen) atoms. The van der Waals surface area contributed by atoms with E-state index in [2.05, 4.69) is 10.3 Å². The number of benzene rings is 1. The van der Waals surface area contributed by atoms with Crippen molar-refractivity contribution in [3.63, 3.8) is 0 Å². The van der Waals surface area contributed by atoms with Crippen LogP contribution < -0.4 is 16.5 Å². The standard InChI is InChI=1S/C18H25N5O6/c19-18(22-23(28)29)20-10-4-7-15(17(26)27)14(12-24)8-9-16(25)21-11-13-5-2-1-3-6-13/h1-3,5-6,12,14-15H,4,7-11H2,(H,21,25)(H,26,27)(H3,19,20,22). The number of carbonyl (C=O) groups excluding carboxylic acids is 2. The van der Waals surface area contributed by atoms with Crippen LogP contribution in [0.15, 0.2) is 35.3 Å². The smallest absolute Gasteiger partial charge is 0.307 e. The number of aliphatic imine (C=N–C) groups is 1. The molecule has 2 unspecified atom stereocenters. The first kappa shape index (κ1) is 23.5. The van der Waals surface area contributed by atoms with Gasteiger partial charge in [0.25, 0.3) is 5.96 Å². The van der Waals surface area contributed by atoms with Crippen LogP contribution in [-0.4, -0.2) is 40.8 Å². The molecule has 1 amide bonds. The van der Waals surface area contributed by atoms with Gasteiger partial charge in [0.15, 0.2) is 5.03 Å². The van der Waals surface area contributed by atoms with Crippen molar-refractivity contribution < 1.29 is 24.5 Å². The normalized spacial score (nSPS) is 13.2. The van der Waals surface area contributed by atoms with Crippen LogP contribution in [0.4, 0.5) is 0 Å². The summed E-state index contributed by atoms with van der Waals surface area (Å²) in [5, 5.41) is 21.5. The Morgan fingerprint density at radius 3 is 2.55 bits per heavy atom. The zero-order valence-corrected chi connectivity index (χ0v) is 15.8. The van der Waals surface area contributed by atoms with E-state index in [1.54, 1.807) is 5.43 Å². The highest BCUT2D eigenvalue weighted by molar-refractivity contribution is 5.78. The average Bonchev–Trinajstić information content (AvgIpc) is 2.68. The number of nitro groups is 1. The predicted octanol–water partition coefficient (Wildman–Crippen LogP) is 0.475. The highest BCUT2D eigenvalue weighted by Crippen LogP contribution is 2.21. The van der Waals surface area contributed by atoms with E-state index < -0.39 is 22.8 Å². The van der Waals surface area contributed by atoms with E-state index in [0.29, 0.717) is 12.8 Å². The number of nitrogens with two attached hydrogens (primary N) is 1. The molecule has 11 nitrogen and oxygen atoms in total. The van der Waals surface area contributed by atoms with Crippen molar-refractivity contribution in [2.24, 2.45) is 22.6 Å². The van der Waals surface area contributed by atoms with Gasteiger partial charge < -0.3 is 21.0 Å². The van der Waals surface area contributed by atoms with Crippen molar-refractivity contribution in [1.29, 1.82) is 0 Å². The minimum absolute atomic E-state index is 0.0257. The maximum atomic E-state index is 12.0. The number of amides is 1. The van der Waals surface area contributed by atoms with Crippen LogP contribution in [0.1, 0.15) is 31.2 Å². The van der Waals surface area contributed by atoms with E-state index in [9.17, 15) is 29.6 Å². The first-order valence-electron chi connectivity index (χ1n) is 9.03. The van der Waals surface area contributed by atoms with Gasteiger partial charge in [0.1, 0.15) is 6.29 Å². The van der Waals surface area contributed by atoms with Crippen LogP contribution in [0, 0.1) is 22.0 Å². The van der Waals surface area contributed by atoms with E-state index in [1.165, 1.54) is 0 Å². The lowest BCUT2D eigenvalue weighted by atomic mass is 9.86. The van der Waals surface area contributed by atoms with E-state index in [0.717, 1.165) is 5.56 Å². The van der Waals surface area contributed by atoms with Crippen LogP contribution in [-0.2, 0) is 20.9 Å². The van der Waals surface area contributed by atoms with Gasteiger partial charge in [-0.3, -0.25) is 9.59 Å². The minimum atomic E-state index is -1.15. The molecule has 0 saturated heterocycles. The van der Waals surface area contributed by atoms with Gasteiger partial charge in [0.05, 0.1) is 5.92 Å². The summed E-state index contributed by atoms with van der Waals surface area (Å²) in [5.41, 5.74) is 7.88. The van der Waals surface area contributed by atoms with Gasteiger partial charge in [-0.25, -0.2) is 15.1 Å². The van der Waals surface area contributed by atoms with Gasteiger partial charge >= 0.3 is 5.97 Å². The van der Waals surface area contributed by atoms with Gasteiger partial charge in [-0.05, 0) is 24.8 Å². The van der Waals surface area contributed by atoms with Crippen molar-refractivity contribution >= 4 is 24.1 Å². The van der Waals surface area contributed by atoms with Gasteiger partial charge in [-0.1, -0.05) is 35.8 Å². The second kappa shape index (κ2) is 12.8. The molecule has 0 heterocycles. The summed E-state index contributed by atoms with van der Waals surface area (Å²) in [7, 11) is 0. The monoisotopic (exact) mass is 407 g/mol. The Morgan fingerprint density at radius 1 is 1.28 bits per heavy atom. The fourth-order valence-corrected chi connectivity index (χ4v) is 2.71. The third kappa shape index (κ3) is 9.84. The summed E-state index contributed by atoms with van der Waals surface area (Å²) < 4.78 is 0. The van der Waals surface area contributed by atoms with Crippen LogP contribution >= 0.6 is 0 Å². The zero-order chi connectivity index (χ0) is 21.6. The number of carbonyl (C=O) groups is 3. The quantitative estimate of drug-likeness (QED) is 0.0910. The lowest BCUT2D eigenvalue weighted by molar-refractivity contribution is -0.525. The van der Waals surface area contributed by atoms with Gasteiger partial charge in [0.2, 0.25) is 5.91 Å². The Kier molecular flexibility index (Phi) is 10.4. The molecule has 0 aliphatic carbocycles. The number of nitrogens with zero attached hydrogens (tertiary/aromatic N) is 2.